The van der Waals surface area contributed by atoms with Crippen molar-refractivity contribution in [3.63, 3.8) is 0 Å². The molecular formula is C17H15N3O. The number of nitrogens with one attached hydrogen (secondary N) is 2. The summed E-state index contributed by atoms with van der Waals surface area (Å²) in [5.41, 5.74) is 2.55. The number of anilines is 1. The Bertz CT molecular complexity index is 803. The number of hydrogen-bond acceptors (Lipinski definition) is 2. The van der Waals surface area contributed by atoms with Gasteiger partial charge in [0.2, 0.25) is 5.91 Å². The highest BCUT2D eigenvalue weighted by atomic mass is 16.2. The molecule has 1 fully saturated rings. The van der Waals surface area contributed by atoms with E-state index >= 15 is 0 Å². The molecule has 0 radical (unpaired) electrons. The number of aromatic nitrogens is 2. The van der Waals surface area contributed by atoms with E-state index in [-0.39, 0.29) is 11.3 Å². The Morgan fingerprint density at radius 3 is 2.71 bits per heavy atom. The van der Waals surface area contributed by atoms with Gasteiger partial charge in [-0.15, -0.1) is 0 Å². The molecule has 0 atom stereocenters. The van der Waals surface area contributed by atoms with Crippen LogP contribution in [0.15, 0.2) is 54.7 Å². The van der Waals surface area contributed by atoms with Crippen LogP contribution >= 0.6 is 0 Å². The molecule has 4 rings (SSSR count). The number of H-pyrrole nitrogens is 1. The van der Waals surface area contributed by atoms with E-state index in [9.17, 15) is 4.79 Å². The van der Waals surface area contributed by atoms with E-state index in [1.54, 1.807) is 6.20 Å². The summed E-state index contributed by atoms with van der Waals surface area (Å²) in [5.74, 6) is 0.0801. The highest BCUT2D eigenvalue weighted by molar-refractivity contribution is 6.02. The Morgan fingerprint density at radius 1 is 1.14 bits per heavy atom. The van der Waals surface area contributed by atoms with E-state index in [2.05, 4.69) is 15.5 Å². The van der Waals surface area contributed by atoms with Crippen LogP contribution in [0.25, 0.3) is 10.9 Å². The fourth-order valence-electron chi connectivity index (χ4n) is 2.80. The molecule has 1 amide bonds. The first-order valence-corrected chi connectivity index (χ1v) is 7.08. The summed E-state index contributed by atoms with van der Waals surface area (Å²) in [5, 5.41) is 10.9. The Morgan fingerprint density at radius 2 is 1.95 bits per heavy atom. The average Bonchev–Trinajstić information content (AvgIpc) is 3.21. The van der Waals surface area contributed by atoms with Crippen molar-refractivity contribution < 1.29 is 4.79 Å². The molecule has 2 N–H and O–H groups in total. The number of fused-ring (bicyclic) bond motifs is 1. The smallest absolute Gasteiger partial charge is 0.235 e. The maximum absolute atomic E-state index is 12.6. The number of benzene rings is 2. The summed E-state index contributed by atoms with van der Waals surface area (Å²) >= 11 is 0. The van der Waals surface area contributed by atoms with Gasteiger partial charge < -0.3 is 5.32 Å². The van der Waals surface area contributed by atoms with Crippen molar-refractivity contribution in [1.82, 2.24) is 10.2 Å². The molecule has 1 aromatic heterocycles. The van der Waals surface area contributed by atoms with Gasteiger partial charge in [-0.3, -0.25) is 9.89 Å². The molecule has 4 heteroatoms. The van der Waals surface area contributed by atoms with Crippen LogP contribution in [-0.2, 0) is 10.2 Å². The maximum atomic E-state index is 12.6. The molecule has 21 heavy (non-hydrogen) atoms. The molecule has 104 valence electrons. The van der Waals surface area contributed by atoms with Crippen molar-refractivity contribution in [2.75, 3.05) is 5.32 Å². The average molecular weight is 277 g/mol. The largest absolute Gasteiger partial charge is 0.325 e. The van der Waals surface area contributed by atoms with Gasteiger partial charge in [0, 0.05) is 11.1 Å². The lowest BCUT2D eigenvalue weighted by Gasteiger charge is -2.15. The minimum atomic E-state index is -0.341. The first kappa shape index (κ1) is 12.1. The number of nitrogens with zero attached hydrogens (tertiary/aromatic N) is 1. The summed E-state index contributed by atoms with van der Waals surface area (Å²) in [6.45, 7) is 0. The Kier molecular flexibility index (Phi) is 2.57. The molecule has 4 nitrogen and oxygen atoms in total. The summed E-state index contributed by atoms with van der Waals surface area (Å²) in [6.07, 6.45) is 3.59. The van der Waals surface area contributed by atoms with E-state index in [1.807, 2.05) is 48.5 Å². The van der Waals surface area contributed by atoms with E-state index in [0.29, 0.717) is 0 Å². The standard InChI is InChI=1S/C17H15N3O/c21-16(17(8-9-17)13-4-2-1-3-5-13)19-14-6-7-15-12(10-14)11-18-20-15/h1-7,10-11H,8-9H2,(H,18,20)(H,19,21). The third-order valence-corrected chi connectivity index (χ3v) is 4.21. The van der Waals surface area contributed by atoms with Crippen molar-refractivity contribution in [3.8, 4) is 0 Å². The summed E-state index contributed by atoms with van der Waals surface area (Å²) in [4.78, 5) is 12.6. The highest BCUT2D eigenvalue weighted by Crippen LogP contribution is 2.48. The monoisotopic (exact) mass is 277 g/mol. The lowest BCUT2D eigenvalue weighted by atomic mass is 9.95. The molecule has 1 heterocycles. The van der Waals surface area contributed by atoms with E-state index < -0.39 is 0 Å². The van der Waals surface area contributed by atoms with Crippen molar-refractivity contribution in [3.05, 3.63) is 60.3 Å². The second-order valence-electron chi connectivity index (χ2n) is 5.57. The van der Waals surface area contributed by atoms with Crippen molar-refractivity contribution in [2.45, 2.75) is 18.3 Å². The van der Waals surface area contributed by atoms with Crippen LogP contribution < -0.4 is 5.32 Å². The van der Waals surface area contributed by atoms with Gasteiger partial charge in [-0.1, -0.05) is 30.3 Å². The molecule has 0 bridgehead atoms. The second-order valence-corrected chi connectivity index (χ2v) is 5.57. The number of carbonyl (C=O) groups excluding carboxylic acids is 1. The zero-order valence-electron chi connectivity index (χ0n) is 11.5. The lowest BCUT2D eigenvalue weighted by Crippen LogP contribution is -2.27. The van der Waals surface area contributed by atoms with Gasteiger partial charge in [0.1, 0.15) is 0 Å². The number of carbonyl (C=O) groups is 1. The third kappa shape index (κ3) is 2.00. The Hall–Kier alpha value is -2.62. The van der Waals surface area contributed by atoms with Crippen molar-refractivity contribution in [1.29, 1.82) is 0 Å². The van der Waals surface area contributed by atoms with E-state index in [0.717, 1.165) is 35.0 Å². The van der Waals surface area contributed by atoms with Gasteiger partial charge in [0.05, 0.1) is 17.1 Å². The number of hydrogen-bond donors (Lipinski definition) is 2. The van der Waals surface area contributed by atoms with Crippen LogP contribution in [0, 0.1) is 0 Å². The highest BCUT2D eigenvalue weighted by Gasteiger charge is 2.51. The van der Waals surface area contributed by atoms with Gasteiger partial charge in [-0.25, -0.2) is 0 Å². The molecule has 1 aliphatic rings. The molecule has 0 unspecified atom stereocenters. The third-order valence-electron chi connectivity index (χ3n) is 4.21. The van der Waals surface area contributed by atoms with E-state index in [1.165, 1.54) is 0 Å². The molecule has 1 saturated carbocycles. The quantitative estimate of drug-likeness (QED) is 0.772. The zero-order chi connectivity index (χ0) is 14.3. The second kappa shape index (κ2) is 4.45. The molecule has 3 aromatic rings. The number of aromatic amines is 1. The number of rotatable bonds is 3. The van der Waals surface area contributed by atoms with Crippen LogP contribution in [-0.4, -0.2) is 16.1 Å². The Balaban J connectivity index is 1.61. The normalized spacial score (nSPS) is 15.8. The van der Waals surface area contributed by atoms with Gasteiger partial charge in [0.25, 0.3) is 0 Å². The fraction of sp³-hybridized carbons (Fsp3) is 0.176. The van der Waals surface area contributed by atoms with Gasteiger partial charge in [0.15, 0.2) is 0 Å². The van der Waals surface area contributed by atoms with Crippen molar-refractivity contribution >= 4 is 22.5 Å². The van der Waals surface area contributed by atoms with Crippen molar-refractivity contribution in [2.24, 2.45) is 0 Å². The predicted molar refractivity (Wildman–Crippen MR) is 82.1 cm³/mol. The molecule has 2 aromatic carbocycles. The van der Waals surface area contributed by atoms with Crippen LogP contribution in [0.5, 0.6) is 0 Å². The summed E-state index contributed by atoms with van der Waals surface area (Å²) in [6, 6.07) is 15.8. The van der Waals surface area contributed by atoms with Crippen LogP contribution in [0.4, 0.5) is 5.69 Å². The molecule has 0 aliphatic heterocycles. The fourth-order valence-corrected chi connectivity index (χ4v) is 2.80. The molecule has 1 aliphatic carbocycles. The van der Waals surface area contributed by atoms with Crippen LogP contribution in [0.3, 0.4) is 0 Å². The SMILES string of the molecule is O=C(Nc1ccc2[nH]ncc2c1)C1(c2ccccc2)CC1. The first-order valence-electron chi connectivity index (χ1n) is 7.08. The predicted octanol–water partition coefficient (Wildman–Crippen LogP) is 3.23. The summed E-state index contributed by atoms with van der Waals surface area (Å²) in [7, 11) is 0. The van der Waals surface area contributed by atoms with Gasteiger partial charge in [-0.05, 0) is 36.6 Å². The molecule has 0 spiro atoms. The van der Waals surface area contributed by atoms with Gasteiger partial charge in [-0.2, -0.15) is 5.10 Å². The van der Waals surface area contributed by atoms with E-state index in [4.69, 9.17) is 0 Å². The summed E-state index contributed by atoms with van der Waals surface area (Å²) < 4.78 is 0. The minimum absolute atomic E-state index is 0.0801. The Labute approximate surface area is 122 Å². The van der Waals surface area contributed by atoms with Gasteiger partial charge >= 0.3 is 0 Å². The number of amides is 1. The topological polar surface area (TPSA) is 57.8 Å². The lowest BCUT2D eigenvalue weighted by molar-refractivity contribution is -0.118. The minimum Gasteiger partial charge on any atom is -0.325 e. The van der Waals surface area contributed by atoms with Crippen LogP contribution in [0.2, 0.25) is 0 Å². The maximum Gasteiger partial charge on any atom is 0.235 e. The molecule has 0 saturated heterocycles. The zero-order valence-corrected chi connectivity index (χ0v) is 11.5. The first-order chi connectivity index (χ1) is 10.3. The molecular weight excluding hydrogens is 262 g/mol. The van der Waals surface area contributed by atoms with Crippen LogP contribution in [0.1, 0.15) is 18.4 Å².